The van der Waals surface area contributed by atoms with Gasteiger partial charge in [-0.25, -0.2) is 4.98 Å². The predicted octanol–water partition coefficient (Wildman–Crippen LogP) is 1.04. The van der Waals surface area contributed by atoms with Crippen molar-refractivity contribution in [1.29, 1.82) is 0 Å². The van der Waals surface area contributed by atoms with Gasteiger partial charge in [-0.15, -0.1) is 0 Å². The van der Waals surface area contributed by atoms with Crippen LogP contribution in [0.1, 0.15) is 11.7 Å². The molecule has 1 heterocycles. The fraction of sp³-hybridized carbons (Fsp3) is 0.100. The fourth-order valence-electron chi connectivity index (χ4n) is 1.29. The van der Waals surface area contributed by atoms with Crippen LogP contribution in [-0.4, -0.2) is 22.5 Å². The van der Waals surface area contributed by atoms with Gasteiger partial charge in [-0.2, -0.15) is 0 Å². The van der Waals surface area contributed by atoms with Crippen LogP contribution in [0.5, 0.6) is 0 Å². The standard InChI is InChI=1S/C10H8N2O2/c13-5-7(6-14)10-11-8-3-1-2-4-9(8)12-10/h1-7H,(H,11,12). The SMILES string of the molecule is O=CC(C=O)c1nc2ccccc2[nH]1. The molecule has 4 nitrogen and oxygen atoms in total. The molecule has 0 radical (unpaired) electrons. The molecule has 0 aliphatic heterocycles. The molecular formula is C10H8N2O2. The van der Waals surface area contributed by atoms with E-state index < -0.39 is 5.92 Å². The molecule has 4 heteroatoms. The second kappa shape index (κ2) is 3.41. The summed E-state index contributed by atoms with van der Waals surface area (Å²) in [7, 11) is 0. The van der Waals surface area contributed by atoms with Gasteiger partial charge in [0.2, 0.25) is 0 Å². The van der Waals surface area contributed by atoms with E-state index in [1.807, 2.05) is 24.3 Å². The van der Waals surface area contributed by atoms with Crippen molar-refractivity contribution in [2.24, 2.45) is 0 Å². The summed E-state index contributed by atoms with van der Waals surface area (Å²) in [6, 6.07) is 7.38. The molecule has 0 atom stereocenters. The lowest BCUT2D eigenvalue weighted by Crippen LogP contribution is -2.03. The third kappa shape index (κ3) is 1.31. The van der Waals surface area contributed by atoms with Gasteiger partial charge in [0.05, 0.1) is 11.0 Å². The van der Waals surface area contributed by atoms with E-state index in [2.05, 4.69) is 9.97 Å². The minimum atomic E-state index is -0.789. The number of nitrogens with zero attached hydrogens (tertiary/aromatic N) is 1. The van der Waals surface area contributed by atoms with E-state index in [9.17, 15) is 9.59 Å². The summed E-state index contributed by atoms with van der Waals surface area (Å²) in [5, 5.41) is 0. The van der Waals surface area contributed by atoms with Gasteiger partial charge < -0.3 is 14.6 Å². The number of aldehydes is 2. The third-order valence-corrected chi connectivity index (χ3v) is 2.02. The Hall–Kier alpha value is -1.97. The number of aromatic nitrogens is 2. The van der Waals surface area contributed by atoms with Gasteiger partial charge in [0.25, 0.3) is 0 Å². The molecule has 0 fully saturated rings. The van der Waals surface area contributed by atoms with Crippen LogP contribution in [0.4, 0.5) is 0 Å². The maximum absolute atomic E-state index is 10.5. The van der Waals surface area contributed by atoms with Gasteiger partial charge in [0.15, 0.2) is 0 Å². The normalized spacial score (nSPS) is 10.6. The smallest absolute Gasteiger partial charge is 0.137 e. The van der Waals surface area contributed by atoms with Gasteiger partial charge in [-0.1, -0.05) is 12.1 Å². The quantitative estimate of drug-likeness (QED) is 0.578. The Morgan fingerprint density at radius 1 is 1.21 bits per heavy atom. The molecule has 1 aromatic heterocycles. The summed E-state index contributed by atoms with van der Waals surface area (Å²) in [5.41, 5.74) is 1.59. The number of benzene rings is 1. The highest BCUT2D eigenvalue weighted by molar-refractivity contribution is 5.85. The van der Waals surface area contributed by atoms with Crippen molar-refractivity contribution < 1.29 is 9.59 Å². The van der Waals surface area contributed by atoms with Crippen LogP contribution in [0.25, 0.3) is 11.0 Å². The lowest BCUT2D eigenvalue weighted by molar-refractivity contribution is -0.116. The van der Waals surface area contributed by atoms with Crippen LogP contribution in [0.15, 0.2) is 24.3 Å². The number of imidazole rings is 1. The number of H-pyrrole nitrogens is 1. The Balaban J connectivity index is 2.53. The first-order chi connectivity index (χ1) is 6.85. The van der Waals surface area contributed by atoms with Crippen LogP contribution in [0.2, 0.25) is 0 Å². The largest absolute Gasteiger partial charge is 0.341 e. The summed E-state index contributed by atoms with van der Waals surface area (Å²) in [4.78, 5) is 28.1. The lowest BCUT2D eigenvalue weighted by Gasteiger charge is -1.93. The molecule has 0 unspecified atom stereocenters. The zero-order chi connectivity index (χ0) is 9.97. The maximum atomic E-state index is 10.5. The molecule has 0 spiro atoms. The van der Waals surface area contributed by atoms with Crippen LogP contribution in [0.3, 0.4) is 0 Å². The Labute approximate surface area is 80.0 Å². The molecule has 0 aliphatic carbocycles. The molecule has 2 rings (SSSR count). The number of carbonyl (C=O) groups is 2. The van der Waals surface area contributed by atoms with E-state index in [0.717, 1.165) is 11.0 Å². The number of aromatic amines is 1. The highest BCUT2D eigenvalue weighted by atomic mass is 16.1. The molecule has 0 saturated carbocycles. The number of hydrogen-bond acceptors (Lipinski definition) is 3. The third-order valence-electron chi connectivity index (χ3n) is 2.02. The van der Waals surface area contributed by atoms with E-state index in [-0.39, 0.29) is 0 Å². The molecular weight excluding hydrogens is 180 g/mol. The molecule has 1 aromatic carbocycles. The molecule has 0 saturated heterocycles. The average Bonchev–Trinajstić information content (AvgIpc) is 2.63. The Morgan fingerprint density at radius 3 is 2.57 bits per heavy atom. The first kappa shape index (κ1) is 8.62. The van der Waals surface area contributed by atoms with Crippen molar-refractivity contribution >= 4 is 23.6 Å². The topological polar surface area (TPSA) is 62.8 Å². The molecule has 0 bridgehead atoms. The van der Waals surface area contributed by atoms with Crippen LogP contribution in [-0.2, 0) is 9.59 Å². The van der Waals surface area contributed by atoms with Crippen LogP contribution < -0.4 is 0 Å². The van der Waals surface area contributed by atoms with E-state index >= 15 is 0 Å². The van der Waals surface area contributed by atoms with Crippen molar-refractivity contribution in [3.8, 4) is 0 Å². The lowest BCUT2D eigenvalue weighted by atomic mass is 10.2. The van der Waals surface area contributed by atoms with Gasteiger partial charge in [-0.05, 0) is 12.1 Å². The number of fused-ring (bicyclic) bond motifs is 1. The number of hydrogen-bond donors (Lipinski definition) is 1. The molecule has 2 aromatic rings. The highest BCUT2D eigenvalue weighted by Crippen LogP contribution is 2.14. The Kier molecular flexibility index (Phi) is 2.10. The first-order valence-corrected chi connectivity index (χ1v) is 4.20. The zero-order valence-corrected chi connectivity index (χ0v) is 7.31. The van der Waals surface area contributed by atoms with E-state index in [1.165, 1.54) is 0 Å². The minimum absolute atomic E-state index is 0.399. The minimum Gasteiger partial charge on any atom is -0.341 e. The summed E-state index contributed by atoms with van der Waals surface area (Å²) in [5.74, 6) is -0.390. The van der Waals surface area contributed by atoms with E-state index in [1.54, 1.807) is 0 Å². The second-order valence-electron chi connectivity index (χ2n) is 2.94. The van der Waals surface area contributed by atoms with Crippen molar-refractivity contribution in [3.63, 3.8) is 0 Å². The highest BCUT2D eigenvalue weighted by Gasteiger charge is 2.13. The van der Waals surface area contributed by atoms with Crippen molar-refractivity contribution in [1.82, 2.24) is 9.97 Å². The Bertz CT molecular complexity index is 435. The monoisotopic (exact) mass is 188 g/mol. The number of nitrogens with one attached hydrogen (secondary N) is 1. The molecule has 0 amide bonds. The van der Waals surface area contributed by atoms with E-state index in [0.29, 0.717) is 18.4 Å². The maximum Gasteiger partial charge on any atom is 0.137 e. The summed E-state index contributed by atoms with van der Waals surface area (Å²) >= 11 is 0. The van der Waals surface area contributed by atoms with Crippen molar-refractivity contribution in [3.05, 3.63) is 30.1 Å². The molecule has 70 valence electrons. The molecule has 0 aliphatic rings. The van der Waals surface area contributed by atoms with Gasteiger partial charge in [0.1, 0.15) is 24.3 Å². The number of carbonyl (C=O) groups excluding carboxylic acids is 2. The summed E-state index contributed by atoms with van der Waals surface area (Å²) < 4.78 is 0. The van der Waals surface area contributed by atoms with Crippen LogP contribution >= 0.6 is 0 Å². The fourth-order valence-corrected chi connectivity index (χ4v) is 1.29. The average molecular weight is 188 g/mol. The second-order valence-corrected chi connectivity index (χ2v) is 2.94. The predicted molar refractivity (Wildman–Crippen MR) is 51.0 cm³/mol. The first-order valence-electron chi connectivity index (χ1n) is 4.20. The van der Waals surface area contributed by atoms with Gasteiger partial charge in [-0.3, -0.25) is 0 Å². The Morgan fingerprint density at radius 2 is 1.93 bits per heavy atom. The molecule has 14 heavy (non-hydrogen) atoms. The van der Waals surface area contributed by atoms with Gasteiger partial charge >= 0.3 is 0 Å². The number of para-hydroxylation sites is 2. The summed E-state index contributed by atoms with van der Waals surface area (Å²) in [6.45, 7) is 0. The summed E-state index contributed by atoms with van der Waals surface area (Å²) in [6.07, 6.45) is 1.15. The van der Waals surface area contributed by atoms with E-state index in [4.69, 9.17) is 0 Å². The zero-order valence-electron chi connectivity index (χ0n) is 7.31. The molecule has 1 N–H and O–H groups in total. The van der Waals surface area contributed by atoms with Crippen LogP contribution in [0, 0.1) is 0 Å². The van der Waals surface area contributed by atoms with Gasteiger partial charge in [0, 0.05) is 0 Å². The van der Waals surface area contributed by atoms with Crippen molar-refractivity contribution in [2.45, 2.75) is 5.92 Å². The number of rotatable bonds is 3. The van der Waals surface area contributed by atoms with Crippen molar-refractivity contribution in [2.75, 3.05) is 0 Å².